The van der Waals surface area contributed by atoms with Crippen LogP contribution in [0.4, 0.5) is 0 Å². The standard InChI is InChI=1S/C14H18BrNO4S/c1-9-3-4-13(11(15)7-9)21(19,20)16-6-5-10(2)8-12(16)14(17)18/h3-4,7,10,12H,5-6,8H2,1-2H3,(H,17,18). The first-order chi connectivity index (χ1) is 9.73. The number of hydrogen-bond donors (Lipinski definition) is 1. The lowest BCUT2D eigenvalue weighted by Crippen LogP contribution is -2.49. The van der Waals surface area contributed by atoms with Crippen molar-refractivity contribution in [2.24, 2.45) is 5.92 Å². The zero-order valence-corrected chi connectivity index (χ0v) is 14.3. The van der Waals surface area contributed by atoms with Gasteiger partial charge in [-0.15, -0.1) is 0 Å². The van der Waals surface area contributed by atoms with Gasteiger partial charge in [0.25, 0.3) is 0 Å². The van der Waals surface area contributed by atoms with Gasteiger partial charge in [-0.3, -0.25) is 4.79 Å². The first-order valence-electron chi connectivity index (χ1n) is 6.74. The molecule has 1 aliphatic heterocycles. The Kier molecular flexibility index (Phi) is 4.75. The van der Waals surface area contributed by atoms with Gasteiger partial charge in [0, 0.05) is 11.0 Å². The van der Waals surface area contributed by atoms with E-state index in [2.05, 4.69) is 15.9 Å². The van der Waals surface area contributed by atoms with E-state index < -0.39 is 22.0 Å². The van der Waals surface area contributed by atoms with Gasteiger partial charge in [0.15, 0.2) is 0 Å². The van der Waals surface area contributed by atoms with E-state index in [1.54, 1.807) is 12.1 Å². The third-order valence-electron chi connectivity index (χ3n) is 3.77. The van der Waals surface area contributed by atoms with Crippen molar-refractivity contribution >= 4 is 31.9 Å². The van der Waals surface area contributed by atoms with Crippen molar-refractivity contribution in [2.75, 3.05) is 6.54 Å². The molecule has 1 heterocycles. The number of sulfonamides is 1. The van der Waals surface area contributed by atoms with Crippen molar-refractivity contribution in [2.45, 2.75) is 37.6 Å². The molecule has 1 aromatic carbocycles. The number of hydrogen-bond acceptors (Lipinski definition) is 3. The second kappa shape index (κ2) is 6.06. The maximum Gasteiger partial charge on any atom is 0.322 e. The molecule has 0 saturated carbocycles. The van der Waals surface area contributed by atoms with Crippen LogP contribution >= 0.6 is 15.9 Å². The molecule has 0 aromatic heterocycles. The fraction of sp³-hybridized carbons (Fsp3) is 0.500. The Morgan fingerprint density at radius 1 is 1.43 bits per heavy atom. The molecule has 2 atom stereocenters. The van der Waals surface area contributed by atoms with Crippen molar-refractivity contribution in [1.29, 1.82) is 0 Å². The number of carboxylic acids is 1. The number of aliphatic carboxylic acids is 1. The van der Waals surface area contributed by atoms with Crippen molar-refractivity contribution in [1.82, 2.24) is 4.31 Å². The third-order valence-corrected chi connectivity index (χ3v) is 6.66. The molecule has 2 unspecified atom stereocenters. The molecule has 1 aromatic rings. The molecule has 1 aliphatic rings. The molecule has 2 rings (SSSR count). The summed E-state index contributed by atoms with van der Waals surface area (Å²) in [6, 6.07) is 3.95. The van der Waals surface area contributed by atoms with Crippen LogP contribution in [0.3, 0.4) is 0 Å². The van der Waals surface area contributed by atoms with E-state index >= 15 is 0 Å². The summed E-state index contributed by atoms with van der Waals surface area (Å²) in [5, 5.41) is 9.33. The molecule has 0 bridgehead atoms. The summed E-state index contributed by atoms with van der Waals surface area (Å²) in [6.45, 7) is 4.05. The topological polar surface area (TPSA) is 74.7 Å². The number of halogens is 1. The summed E-state index contributed by atoms with van der Waals surface area (Å²) in [5.74, 6) is -0.882. The van der Waals surface area contributed by atoms with Crippen LogP contribution in [0.5, 0.6) is 0 Å². The predicted octanol–water partition coefficient (Wildman–Crippen LogP) is 2.63. The van der Waals surface area contributed by atoms with Crippen LogP contribution in [0.25, 0.3) is 0 Å². The molecule has 1 saturated heterocycles. The number of aryl methyl sites for hydroxylation is 1. The number of carbonyl (C=O) groups is 1. The maximum absolute atomic E-state index is 12.8. The maximum atomic E-state index is 12.8. The largest absolute Gasteiger partial charge is 0.480 e. The van der Waals surface area contributed by atoms with E-state index in [-0.39, 0.29) is 17.4 Å². The second-order valence-electron chi connectivity index (χ2n) is 5.53. The van der Waals surface area contributed by atoms with Gasteiger partial charge in [-0.1, -0.05) is 13.0 Å². The van der Waals surface area contributed by atoms with Gasteiger partial charge in [-0.2, -0.15) is 4.31 Å². The van der Waals surface area contributed by atoms with Crippen molar-refractivity contribution in [3.8, 4) is 0 Å². The van der Waals surface area contributed by atoms with Crippen LogP contribution < -0.4 is 0 Å². The molecular formula is C14H18BrNO4S. The van der Waals surface area contributed by atoms with Gasteiger partial charge in [0.1, 0.15) is 6.04 Å². The Bertz CT molecular complexity index is 659. The summed E-state index contributed by atoms with van der Waals surface area (Å²) >= 11 is 3.27. The lowest BCUT2D eigenvalue weighted by atomic mass is 9.94. The Labute approximate surface area is 133 Å². The molecule has 0 aliphatic carbocycles. The van der Waals surface area contributed by atoms with Gasteiger partial charge < -0.3 is 5.11 Å². The molecule has 0 spiro atoms. The van der Waals surface area contributed by atoms with Crippen LogP contribution in [0, 0.1) is 12.8 Å². The lowest BCUT2D eigenvalue weighted by Gasteiger charge is -2.35. The average molecular weight is 376 g/mol. The van der Waals surface area contributed by atoms with E-state index in [1.165, 1.54) is 6.07 Å². The molecule has 7 heteroatoms. The fourth-order valence-corrected chi connectivity index (χ4v) is 5.34. The van der Waals surface area contributed by atoms with E-state index in [1.807, 2.05) is 13.8 Å². The first-order valence-corrected chi connectivity index (χ1v) is 8.97. The number of rotatable bonds is 3. The molecule has 116 valence electrons. The van der Waals surface area contributed by atoms with Crippen LogP contribution in [0.15, 0.2) is 27.6 Å². The Morgan fingerprint density at radius 2 is 2.10 bits per heavy atom. The van der Waals surface area contributed by atoms with E-state index in [4.69, 9.17) is 0 Å². The summed E-state index contributed by atoms with van der Waals surface area (Å²) in [7, 11) is -3.82. The number of nitrogens with zero attached hydrogens (tertiary/aromatic N) is 1. The van der Waals surface area contributed by atoms with Gasteiger partial charge >= 0.3 is 5.97 Å². The van der Waals surface area contributed by atoms with Gasteiger partial charge in [-0.05, 0) is 59.3 Å². The van der Waals surface area contributed by atoms with Crippen LogP contribution in [0.2, 0.25) is 0 Å². The van der Waals surface area contributed by atoms with Crippen molar-refractivity contribution in [3.05, 3.63) is 28.2 Å². The second-order valence-corrected chi connectivity index (χ2v) is 8.25. The number of piperidine rings is 1. The summed E-state index contributed by atoms with van der Waals surface area (Å²) < 4.78 is 27.1. The van der Waals surface area contributed by atoms with Crippen molar-refractivity contribution < 1.29 is 18.3 Å². The zero-order valence-electron chi connectivity index (χ0n) is 11.9. The minimum absolute atomic E-state index is 0.119. The van der Waals surface area contributed by atoms with Gasteiger partial charge in [-0.25, -0.2) is 8.42 Å². The highest BCUT2D eigenvalue weighted by Gasteiger charge is 2.40. The Hall–Kier alpha value is -0.920. The average Bonchev–Trinajstić information content (AvgIpc) is 2.37. The molecule has 21 heavy (non-hydrogen) atoms. The Morgan fingerprint density at radius 3 is 2.67 bits per heavy atom. The lowest BCUT2D eigenvalue weighted by molar-refractivity contribution is -0.143. The molecule has 0 radical (unpaired) electrons. The normalized spacial score (nSPS) is 24.0. The Balaban J connectivity index is 2.44. The highest BCUT2D eigenvalue weighted by molar-refractivity contribution is 9.10. The zero-order chi connectivity index (χ0) is 15.8. The van der Waals surface area contributed by atoms with Crippen molar-refractivity contribution in [3.63, 3.8) is 0 Å². The molecule has 5 nitrogen and oxygen atoms in total. The summed E-state index contributed by atoms with van der Waals surface area (Å²) in [5.41, 5.74) is 0.933. The van der Waals surface area contributed by atoms with Gasteiger partial charge in [0.05, 0.1) is 4.90 Å². The first kappa shape index (κ1) is 16.5. The van der Waals surface area contributed by atoms with E-state index in [0.717, 1.165) is 9.87 Å². The SMILES string of the molecule is Cc1ccc(S(=O)(=O)N2CCC(C)CC2C(=O)O)c(Br)c1. The predicted molar refractivity (Wildman–Crippen MR) is 82.6 cm³/mol. The van der Waals surface area contributed by atoms with Crippen LogP contribution in [-0.2, 0) is 14.8 Å². The smallest absolute Gasteiger partial charge is 0.322 e. The highest BCUT2D eigenvalue weighted by Crippen LogP contribution is 2.32. The molecule has 0 amide bonds. The minimum atomic E-state index is -3.82. The molecular weight excluding hydrogens is 358 g/mol. The molecule has 1 N–H and O–H groups in total. The third kappa shape index (κ3) is 3.30. The summed E-state index contributed by atoms with van der Waals surface area (Å²) in [6.07, 6.45) is 1.02. The van der Waals surface area contributed by atoms with Crippen LogP contribution in [-0.4, -0.2) is 36.4 Å². The van der Waals surface area contributed by atoms with Gasteiger partial charge in [0.2, 0.25) is 10.0 Å². The number of benzene rings is 1. The van der Waals surface area contributed by atoms with E-state index in [0.29, 0.717) is 17.3 Å². The minimum Gasteiger partial charge on any atom is -0.480 e. The number of carboxylic acid groups (broad SMARTS) is 1. The molecule has 1 fully saturated rings. The van der Waals surface area contributed by atoms with E-state index in [9.17, 15) is 18.3 Å². The fourth-order valence-electron chi connectivity index (χ4n) is 2.57. The van der Waals surface area contributed by atoms with Crippen LogP contribution in [0.1, 0.15) is 25.3 Å². The highest BCUT2D eigenvalue weighted by atomic mass is 79.9. The quantitative estimate of drug-likeness (QED) is 0.880. The monoisotopic (exact) mass is 375 g/mol. The summed E-state index contributed by atoms with van der Waals surface area (Å²) in [4.78, 5) is 11.5.